The number of piperidine rings is 1. The quantitative estimate of drug-likeness (QED) is 0.890. The van der Waals surface area contributed by atoms with E-state index in [0.717, 1.165) is 12.5 Å². The molecule has 0 radical (unpaired) electrons. The van der Waals surface area contributed by atoms with Crippen LogP contribution in [0.2, 0.25) is 0 Å². The average Bonchev–Trinajstić information content (AvgIpc) is 2.68. The molecule has 0 saturated carbocycles. The average molecular weight is 252 g/mol. The van der Waals surface area contributed by atoms with Gasteiger partial charge in [-0.2, -0.15) is 0 Å². The van der Waals surface area contributed by atoms with Crippen LogP contribution in [0.25, 0.3) is 0 Å². The van der Waals surface area contributed by atoms with Crippen molar-refractivity contribution in [3.63, 3.8) is 0 Å². The molecule has 1 aromatic heterocycles. The summed E-state index contributed by atoms with van der Waals surface area (Å²) in [4.78, 5) is 3.96. The van der Waals surface area contributed by atoms with E-state index in [1.54, 1.807) is 0 Å². The zero-order valence-corrected chi connectivity index (χ0v) is 12.2. The maximum atomic E-state index is 3.75. The smallest absolute Gasteiger partial charge is 0.0305 e. The molecule has 1 aromatic rings. The Morgan fingerprint density at radius 2 is 2.24 bits per heavy atom. The van der Waals surface area contributed by atoms with E-state index in [-0.39, 0.29) is 0 Å². The van der Waals surface area contributed by atoms with Crippen LogP contribution in [-0.2, 0) is 6.54 Å². The number of hydrogen-bond donors (Lipinski definition) is 1. The number of nitrogens with zero attached hydrogens (tertiary/aromatic N) is 1. The normalized spacial score (nSPS) is 30.7. The fraction of sp³-hybridized carbons (Fsp3) is 0.714. The van der Waals surface area contributed by atoms with Crippen LogP contribution in [-0.4, -0.2) is 30.6 Å². The highest BCUT2D eigenvalue weighted by Crippen LogP contribution is 2.22. The summed E-state index contributed by atoms with van der Waals surface area (Å²) in [6.07, 6.45) is 1.27. The largest absolute Gasteiger partial charge is 0.309 e. The van der Waals surface area contributed by atoms with E-state index in [0.29, 0.717) is 12.1 Å². The Bertz CT molecular complexity index is 361. The third-order valence-electron chi connectivity index (χ3n) is 4.10. The summed E-state index contributed by atoms with van der Waals surface area (Å²) in [6, 6.07) is 3.58. The highest BCUT2D eigenvalue weighted by Gasteiger charge is 2.28. The van der Waals surface area contributed by atoms with Crippen molar-refractivity contribution in [2.24, 2.45) is 5.92 Å². The van der Waals surface area contributed by atoms with Crippen LogP contribution in [0.4, 0.5) is 0 Å². The van der Waals surface area contributed by atoms with Gasteiger partial charge in [0, 0.05) is 30.1 Å². The van der Waals surface area contributed by atoms with Gasteiger partial charge in [0.15, 0.2) is 0 Å². The summed E-state index contributed by atoms with van der Waals surface area (Å²) >= 11 is 1.87. The van der Waals surface area contributed by atoms with Crippen molar-refractivity contribution < 1.29 is 0 Å². The van der Waals surface area contributed by atoms with Crippen LogP contribution in [0.15, 0.2) is 11.4 Å². The number of likely N-dealkylation sites (tertiary alicyclic amines) is 1. The number of hydrogen-bond acceptors (Lipinski definition) is 3. The molecule has 1 N–H and O–H groups in total. The first kappa shape index (κ1) is 13.1. The molecule has 0 spiro atoms. The van der Waals surface area contributed by atoms with Crippen LogP contribution in [0.1, 0.15) is 30.7 Å². The molecule has 1 saturated heterocycles. The molecule has 0 aromatic carbocycles. The van der Waals surface area contributed by atoms with Crippen LogP contribution in [0.5, 0.6) is 0 Å². The van der Waals surface area contributed by atoms with Gasteiger partial charge in [0.2, 0.25) is 0 Å². The fourth-order valence-electron chi connectivity index (χ4n) is 2.63. The predicted molar refractivity (Wildman–Crippen MR) is 75.6 cm³/mol. The van der Waals surface area contributed by atoms with Crippen LogP contribution < -0.4 is 5.32 Å². The van der Waals surface area contributed by atoms with Crippen LogP contribution in [0.3, 0.4) is 0 Å². The van der Waals surface area contributed by atoms with E-state index in [1.807, 2.05) is 11.3 Å². The third-order valence-corrected chi connectivity index (χ3v) is 5.13. The van der Waals surface area contributed by atoms with Crippen molar-refractivity contribution in [2.75, 3.05) is 13.6 Å². The molecule has 2 nitrogen and oxygen atoms in total. The molecular formula is C14H24N2S. The van der Waals surface area contributed by atoms with Gasteiger partial charge < -0.3 is 10.2 Å². The minimum Gasteiger partial charge on any atom is -0.309 e. The fourth-order valence-corrected chi connectivity index (χ4v) is 3.49. The SMILES string of the molecule is Cc1ccsc1CNC1CC(C)N(C)CC1C. The molecule has 0 aliphatic carbocycles. The second-order valence-electron chi connectivity index (χ2n) is 5.52. The van der Waals surface area contributed by atoms with Crippen molar-refractivity contribution in [1.82, 2.24) is 10.2 Å². The molecule has 3 unspecified atom stereocenters. The standard InChI is InChI=1S/C14H24N2S/c1-10-5-6-17-14(10)8-15-13-7-12(3)16(4)9-11(13)2/h5-6,11-13,15H,7-9H2,1-4H3. The van der Waals surface area contributed by atoms with E-state index in [1.165, 1.54) is 23.4 Å². The Kier molecular flexibility index (Phi) is 4.23. The summed E-state index contributed by atoms with van der Waals surface area (Å²) < 4.78 is 0. The van der Waals surface area contributed by atoms with E-state index < -0.39 is 0 Å². The van der Waals surface area contributed by atoms with Gasteiger partial charge >= 0.3 is 0 Å². The van der Waals surface area contributed by atoms with Gasteiger partial charge in [0.1, 0.15) is 0 Å². The minimum atomic E-state index is 0.669. The topological polar surface area (TPSA) is 15.3 Å². The van der Waals surface area contributed by atoms with E-state index >= 15 is 0 Å². The molecule has 1 aliphatic rings. The molecule has 1 fully saturated rings. The van der Waals surface area contributed by atoms with Crippen molar-refractivity contribution >= 4 is 11.3 Å². The summed E-state index contributed by atoms with van der Waals surface area (Å²) in [7, 11) is 2.24. The van der Waals surface area contributed by atoms with Crippen molar-refractivity contribution in [1.29, 1.82) is 0 Å². The van der Waals surface area contributed by atoms with Gasteiger partial charge in [-0.05, 0) is 50.2 Å². The minimum absolute atomic E-state index is 0.669. The second-order valence-corrected chi connectivity index (χ2v) is 6.52. The lowest BCUT2D eigenvalue weighted by Gasteiger charge is -2.40. The van der Waals surface area contributed by atoms with E-state index in [2.05, 4.69) is 49.5 Å². The third kappa shape index (κ3) is 3.09. The molecule has 17 heavy (non-hydrogen) atoms. The molecule has 0 amide bonds. The first-order valence-corrected chi connectivity index (χ1v) is 7.42. The molecule has 3 heteroatoms. The lowest BCUT2D eigenvalue weighted by Crippen LogP contribution is -2.50. The first-order valence-electron chi connectivity index (χ1n) is 6.54. The van der Waals surface area contributed by atoms with Gasteiger partial charge in [-0.25, -0.2) is 0 Å². The zero-order valence-electron chi connectivity index (χ0n) is 11.4. The summed E-state index contributed by atoms with van der Waals surface area (Å²) in [6.45, 7) is 9.14. The van der Waals surface area contributed by atoms with Gasteiger partial charge in [0.25, 0.3) is 0 Å². The molecule has 0 bridgehead atoms. The Labute approximate surface area is 109 Å². The van der Waals surface area contributed by atoms with E-state index in [9.17, 15) is 0 Å². The van der Waals surface area contributed by atoms with Crippen molar-refractivity contribution in [3.8, 4) is 0 Å². The maximum absolute atomic E-state index is 3.75. The van der Waals surface area contributed by atoms with Crippen molar-refractivity contribution in [3.05, 3.63) is 21.9 Å². The van der Waals surface area contributed by atoms with Crippen LogP contribution in [0, 0.1) is 12.8 Å². The summed E-state index contributed by atoms with van der Waals surface area (Å²) in [5.74, 6) is 0.747. The number of nitrogens with one attached hydrogen (secondary N) is 1. The molecule has 96 valence electrons. The molecular weight excluding hydrogens is 228 g/mol. The number of aryl methyl sites for hydroxylation is 1. The highest BCUT2D eigenvalue weighted by atomic mass is 32.1. The van der Waals surface area contributed by atoms with Crippen LogP contribution >= 0.6 is 11.3 Å². The Morgan fingerprint density at radius 1 is 1.47 bits per heavy atom. The van der Waals surface area contributed by atoms with Crippen molar-refractivity contribution in [2.45, 2.75) is 45.8 Å². The highest BCUT2D eigenvalue weighted by molar-refractivity contribution is 7.10. The van der Waals surface area contributed by atoms with E-state index in [4.69, 9.17) is 0 Å². The Hall–Kier alpha value is -0.380. The maximum Gasteiger partial charge on any atom is 0.0305 e. The molecule has 3 atom stereocenters. The van der Waals surface area contributed by atoms with Gasteiger partial charge in [-0.3, -0.25) is 0 Å². The number of rotatable bonds is 3. The molecule has 2 rings (SSSR count). The molecule has 2 heterocycles. The summed E-state index contributed by atoms with van der Waals surface area (Å²) in [5, 5.41) is 5.94. The molecule has 1 aliphatic heterocycles. The van der Waals surface area contributed by atoms with Gasteiger partial charge in [-0.1, -0.05) is 6.92 Å². The summed E-state index contributed by atoms with van der Waals surface area (Å²) in [5.41, 5.74) is 1.43. The monoisotopic (exact) mass is 252 g/mol. The lowest BCUT2D eigenvalue weighted by molar-refractivity contribution is 0.121. The second kappa shape index (κ2) is 5.51. The van der Waals surface area contributed by atoms with Gasteiger partial charge in [0.05, 0.1) is 0 Å². The Balaban J connectivity index is 1.89. The predicted octanol–water partition coefficient (Wildman–Crippen LogP) is 2.87. The first-order chi connectivity index (χ1) is 8.08. The Morgan fingerprint density at radius 3 is 2.88 bits per heavy atom. The number of thiophene rings is 1. The van der Waals surface area contributed by atoms with Gasteiger partial charge in [-0.15, -0.1) is 11.3 Å². The lowest BCUT2D eigenvalue weighted by atomic mass is 9.90. The zero-order chi connectivity index (χ0) is 12.4.